The predicted molar refractivity (Wildman–Crippen MR) is 38.3 cm³/mol. The van der Waals surface area contributed by atoms with Crippen LogP contribution in [0.4, 0.5) is 0 Å². The van der Waals surface area contributed by atoms with Crippen molar-refractivity contribution in [2.75, 3.05) is 0 Å². The van der Waals surface area contributed by atoms with Crippen molar-refractivity contribution in [1.82, 2.24) is 9.55 Å². The Morgan fingerprint density at radius 1 is 1.60 bits per heavy atom. The maximum Gasteiger partial charge on any atom is 0.265 e. The molecule has 0 bridgehead atoms. The summed E-state index contributed by atoms with van der Waals surface area (Å²) in [7, 11) is 0. The van der Waals surface area contributed by atoms with Gasteiger partial charge in [0, 0.05) is 12.4 Å². The van der Waals surface area contributed by atoms with Crippen molar-refractivity contribution in [1.29, 1.82) is 0 Å². The van der Waals surface area contributed by atoms with E-state index < -0.39 is 4.84 Å². The van der Waals surface area contributed by atoms with Gasteiger partial charge in [0.15, 0.2) is 4.84 Å². The quantitative estimate of drug-likeness (QED) is 0.609. The van der Waals surface area contributed by atoms with E-state index in [1.165, 1.54) is 23.3 Å². The highest BCUT2D eigenvalue weighted by atomic mass is 35.5. The Morgan fingerprint density at radius 3 is 2.70 bits per heavy atom. The fourth-order valence-corrected chi connectivity index (χ4v) is 0.728. The van der Waals surface area contributed by atoms with E-state index in [1.807, 2.05) is 0 Å². The minimum absolute atomic E-state index is 0.388. The summed E-state index contributed by atoms with van der Waals surface area (Å²) < 4.78 is 1.23. The molecule has 0 aromatic carbocycles. The van der Waals surface area contributed by atoms with Gasteiger partial charge in [-0.15, -0.1) is 0 Å². The molecule has 1 aromatic heterocycles. The second kappa shape index (κ2) is 3.03. The minimum Gasteiger partial charge on any atom is -0.274 e. The van der Waals surface area contributed by atoms with Gasteiger partial charge >= 0.3 is 0 Å². The van der Waals surface area contributed by atoms with Crippen LogP contribution in [0.2, 0.25) is 0 Å². The Bertz CT molecular complexity index is 220. The minimum atomic E-state index is -1.02. The lowest BCUT2D eigenvalue weighted by atomic mass is 10.7. The molecule has 0 amide bonds. The van der Waals surface area contributed by atoms with Crippen LogP contribution in [-0.4, -0.2) is 20.3 Å². The van der Waals surface area contributed by atoms with Crippen LogP contribution in [0.3, 0.4) is 0 Å². The lowest BCUT2D eigenvalue weighted by Crippen LogP contribution is -2.15. The Morgan fingerprint density at radius 2 is 2.30 bits per heavy atom. The second-order valence-electron chi connectivity index (χ2n) is 1.61. The smallest absolute Gasteiger partial charge is 0.265 e. The van der Waals surface area contributed by atoms with Crippen molar-refractivity contribution in [3.05, 3.63) is 18.7 Å². The zero-order valence-electron chi connectivity index (χ0n) is 4.87. The first kappa shape index (κ1) is 7.57. The number of carbonyl (C=O) groups is 1. The standard InChI is InChI=1S/C5H4Cl2N2O/c6-4(7)5(10)9-2-1-8-3-9/h1-4H. The summed E-state index contributed by atoms with van der Waals surface area (Å²) in [6.45, 7) is 0. The van der Waals surface area contributed by atoms with Gasteiger partial charge in [0.1, 0.15) is 6.33 Å². The molecule has 5 heteroatoms. The number of alkyl halides is 2. The fraction of sp³-hybridized carbons (Fsp3) is 0.200. The van der Waals surface area contributed by atoms with Crippen molar-refractivity contribution in [2.24, 2.45) is 0 Å². The first-order valence-corrected chi connectivity index (χ1v) is 3.39. The number of halogens is 2. The normalized spacial score (nSPS) is 10.3. The van der Waals surface area contributed by atoms with Gasteiger partial charge in [-0.25, -0.2) is 4.98 Å². The van der Waals surface area contributed by atoms with Crippen LogP contribution in [0, 0.1) is 0 Å². The van der Waals surface area contributed by atoms with E-state index in [1.54, 1.807) is 0 Å². The van der Waals surface area contributed by atoms with Gasteiger partial charge < -0.3 is 0 Å². The zero-order valence-corrected chi connectivity index (χ0v) is 6.38. The molecule has 10 heavy (non-hydrogen) atoms. The number of aromatic nitrogens is 2. The third kappa shape index (κ3) is 1.49. The average Bonchev–Trinajstić information content (AvgIpc) is 2.36. The molecule has 3 nitrogen and oxygen atoms in total. The summed E-state index contributed by atoms with van der Waals surface area (Å²) in [4.78, 5) is 13.5. The van der Waals surface area contributed by atoms with Crippen molar-refractivity contribution < 1.29 is 4.79 Å². The molecule has 0 unspecified atom stereocenters. The number of carbonyl (C=O) groups excluding carboxylic acids is 1. The highest BCUT2D eigenvalue weighted by Crippen LogP contribution is 2.04. The molecule has 0 aliphatic rings. The molecule has 0 saturated carbocycles. The molecule has 54 valence electrons. The maximum absolute atomic E-state index is 10.9. The Kier molecular flexibility index (Phi) is 2.29. The van der Waals surface area contributed by atoms with Crippen LogP contribution < -0.4 is 0 Å². The molecule has 0 radical (unpaired) electrons. The first-order chi connectivity index (χ1) is 4.72. The van der Waals surface area contributed by atoms with E-state index in [9.17, 15) is 4.79 Å². The van der Waals surface area contributed by atoms with E-state index in [0.717, 1.165) is 0 Å². The van der Waals surface area contributed by atoms with Gasteiger partial charge in [-0.1, -0.05) is 23.2 Å². The van der Waals surface area contributed by atoms with Gasteiger partial charge in [-0.05, 0) is 0 Å². The van der Waals surface area contributed by atoms with Gasteiger partial charge in [0.25, 0.3) is 5.91 Å². The van der Waals surface area contributed by atoms with E-state index in [0.29, 0.717) is 0 Å². The Labute approximate surface area is 67.6 Å². The molecule has 0 N–H and O–H groups in total. The van der Waals surface area contributed by atoms with Crippen LogP contribution in [0.1, 0.15) is 4.79 Å². The average molecular weight is 179 g/mol. The van der Waals surface area contributed by atoms with Gasteiger partial charge in [0.05, 0.1) is 0 Å². The Hall–Kier alpha value is -0.540. The summed E-state index contributed by atoms with van der Waals surface area (Å²) >= 11 is 10.6. The monoisotopic (exact) mass is 178 g/mol. The molecule has 1 aromatic rings. The number of imidazole rings is 1. The molecule has 0 spiro atoms. The van der Waals surface area contributed by atoms with Crippen molar-refractivity contribution in [3.63, 3.8) is 0 Å². The van der Waals surface area contributed by atoms with E-state index >= 15 is 0 Å². The highest BCUT2D eigenvalue weighted by Gasteiger charge is 2.11. The van der Waals surface area contributed by atoms with Crippen LogP contribution >= 0.6 is 23.2 Å². The van der Waals surface area contributed by atoms with Gasteiger partial charge in [0.2, 0.25) is 0 Å². The molecule has 0 fully saturated rings. The summed E-state index contributed by atoms with van der Waals surface area (Å²) in [5.41, 5.74) is 0. The number of rotatable bonds is 1. The molecular formula is C5H4Cl2N2O. The SMILES string of the molecule is O=C(C(Cl)Cl)n1ccnc1. The van der Waals surface area contributed by atoms with Crippen molar-refractivity contribution >= 4 is 29.1 Å². The van der Waals surface area contributed by atoms with Crippen LogP contribution in [0.25, 0.3) is 0 Å². The molecule has 1 rings (SSSR count). The lowest BCUT2D eigenvalue weighted by molar-refractivity contribution is 0.0929. The predicted octanol–water partition coefficient (Wildman–Crippen LogP) is 1.33. The zero-order chi connectivity index (χ0) is 7.56. The summed E-state index contributed by atoms with van der Waals surface area (Å²) in [6, 6.07) is 0. The fourth-order valence-electron chi connectivity index (χ4n) is 0.502. The highest BCUT2D eigenvalue weighted by molar-refractivity contribution is 6.53. The largest absolute Gasteiger partial charge is 0.274 e. The van der Waals surface area contributed by atoms with Gasteiger partial charge in [-0.2, -0.15) is 0 Å². The van der Waals surface area contributed by atoms with E-state index in [-0.39, 0.29) is 5.91 Å². The van der Waals surface area contributed by atoms with Gasteiger partial charge in [-0.3, -0.25) is 9.36 Å². The summed E-state index contributed by atoms with van der Waals surface area (Å²) in [5, 5.41) is 0. The lowest BCUT2D eigenvalue weighted by Gasteiger charge is -1.98. The van der Waals surface area contributed by atoms with Crippen molar-refractivity contribution in [3.8, 4) is 0 Å². The molecule has 1 heterocycles. The maximum atomic E-state index is 10.9. The molecule has 0 aliphatic heterocycles. The number of hydrogen-bond acceptors (Lipinski definition) is 2. The second-order valence-corrected chi connectivity index (χ2v) is 2.71. The molecular weight excluding hydrogens is 175 g/mol. The third-order valence-corrected chi connectivity index (χ3v) is 1.32. The third-order valence-electron chi connectivity index (χ3n) is 0.946. The molecule has 0 aliphatic carbocycles. The molecule has 0 saturated heterocycles. The topological polar surface area (TPSA) is 34.9 Å². The van der Waals surface area contributed by atoms with Crippen LogP contribution in [0.5, 0.6) is 0 Å². The Balaban J connectivity index is 2.78. The number of nitrogens with zero attached hydrogens (tertiary/aromatic N) is 2. The van der Waals surface area contributed by atoms with Crippen LogP contribution in [-0.2, 0) is 0 Å². The summed E-state index contributed by atoms with van der Waals surface area (Å²) in [5.74, 6) is -0.388. The number of hydrogen-bond donors (Lipinski definition) is 0. The van der Waals surface area contributed by atoms with Crippen LogP contribution in [0.15, 0.2) is 18.7 Å². The van der Waals surface area contributed by atoms with E-state index in [4.69, 9.17) is 23.2 Å². The summed E-state index contributed by atoms with van der Waals surface area (Å²) in [6.07, 6.45) is 4.31. The first-order valence-electron chi connectivity index (χ1n) is 2.52. The van der Waals surface area contributed by atoms with E-state index in [2.05, 4.69) is 4.98 Å². The van der Waals surface area contributed by atoms with Crippen molar-refractivity contribution in [2.45, 2.75) is 4.84 Å². The molecule has 0 atom stereocenters.